The Morgan fingerprint density at radius 1 is 1.09 bits per heavy atom. The van der Waals surface area contributed by atoms with Gasteiger partial charge < -0.3 is 9.47 Å². The summed E-state index contributed by atoms with van der Waals surface area (Å²) in [7, 11) is 1.41. The van der Waals surface area contributed by atoms with Crippen LogP contribution < -0.4 is 4.74 Å². The molecule has 0 fully saturated rings. The molecule has 0 spiro atoms. The zero-order valence-corrected chi connectivity index (χ0v) is 20.6. The number of rotatable bonds is 8. The van der Waals surface area contributed by atoms with Gasteiger partial charge in [-0.2, -0.15) is 0 Å². The van der Waals surface area contributed by atoms with E-state index in [0.29, 0.717) is 33.0 Å². The van der Waals surface area contributed by atoms with Crippen LogP contribution in [-0.2, 0) is 17.8 Å². The number of hydrogen-bond donors (Lipinski definition) is 0. The van der Waals surface area contributed by atoms with Crippen molar-refractivity contribution >= 4 is 50.7 Å². The lowest BCUT2D eigenvalue weighted by molar-refractivity contribution is 0.0599. The Kier molecular flexibility index (Phi) is 7.53. The molecule has 4 rings (SSSR count). The Balaban J connectivity index is 1.40. The van der Waals surface area contributed by atoms with E-state index in [1.165, 1.54) is 24.0 Å². The highest BCUT2D eigenvalue weighted by Crippen LogP contribution is 2.37. The Morgan fingerprint density at radius 2 is 1.91 bits per heavy atom. The minimum Gasteiger partial charge on any atom is -0.487 e. The van der Waals surface area contributed by atoms with Crippen molar-refractivity contribution in [1.82, 2.24) is 4.98 Å². The lowest BCUT2D eigenvalue weighted by Gasteiger charge is -2.15. The third-order valence-electron chi connectivity index (χ3n) is 5.58. The van der Waals surface area contributed by atoms with E-state index in [0.717, 1.165) is 34.5 Å². The van der Waals surface area contributed by atoms with E-state index >= 15 is 0 Å². The van der Waals surface area contributed by atoms with Crippen LogP contribution in [-0.4, -0.2) is 18.1 Å². The van der Waals surface area contributed by atoms with E-state index < -0.39 is 0 Å². The number of benzene rings is 2. The maximum atomic E-state index is 12.0. The molecular formula is C26H23Cl2NO3S. The van der Waals surface area contributed by atoms with Gasteiger partial charge in [-0.05, 0) is 60.2 Å². The third-order valence-corrected chi connectivity index (χ3v) is 7.51. The molecule has 1 atom stereocenters. The van der Waals surface area contributed by atoms with Gasteiger partial charge in [0.2, 0.25) is 0 Å². The lowest BCUT2D eigenvalue weighted by atomic mass is 9.92. The summed E-state index contributed by atoms with van der Waals surface area (Å²) < 4.78 is 12.4. The molecule has 2 heterocycles. The fourth-order valence-electron chi connectivity index (χ4n) is 3.70. The molecule has 0 aliphatic carbocycles. The molecule has 170 valence electrons. The van der Waals surface area contributed by atoms with Crippen LogP contribution in [0.1, 0.15) is 46.4 Å². The van der Waals surface area contributed by atoms with Gasteiger partial charge in [0.05, 0.1) is 28.1 Å². The monoisotopic (exact) mass is 499 g/mol. The van der Waals surface area contributed by atoms with E-state index in [2.05, 4.69) is 24.0 Å². The Morgan fingerprint density at radius 3 is 2.73 bits per heavy atom. The van der Waals surface area contributed by atoms with E-state index in [1.54, 1.807) is 0 Å². The molecule has 0 unspecified atom stereocenters. The molecule has 0 bridgehead atoms. The largest absolute Gasteiger partial charge is 0.487 e. The number of hydrogen-bond acceptors (Lipinski definition) is 5. The van der Waals surface area contributed by atoms with Gasteiger partial charge in [-0.25, -0.2) is 9.78 Å². The van der Waals surface area contributed by atoms with Gasteiger partial charge >= 0.3 is 5.97 Å². The Hall–Kier alpha value is -2.60. The van der Waals surface area contributed by atoms with Crippen molar-refractivity contribution in [2.24, 2.45) is 0 Å². The Bertz CT molecular complexity index is 1290. The smallest absolute Gasteiger partial charge is 0.338 e. The summed E-state index contributed by atoms with van der Waals surface area (Å²) in [6.07, 6.45) is 1.68. The predicted octanol–water partition coefficient (Wildman–Crippen LogP) is 7.71. The number of fused-ring (bicyclic) bond motifs is 1. The Labute approximate surface area is 207 Å². The summed E-state index contributed by atoms with van der Waals surface area (Å²) in [6.45, 7) is 2.52. The minimum absolute atomic E-state index is 0.292. The molecule has 0 amide bonds. The second kappa shape index (κ2) is 10.6. The van der Waals surface area contributed by atoms with Crippen LogP contribution in [0, 0.1) is 0 Å². The molecule has 0 saturated carbocycles. The van der Waals surface area contributed by atoms with Gasteiger partial charge in [0, 0.05) is 0 Å². The highest BCUT2D eigenvalue weighted by atomic mass is 35.5. The summed E-state index contributed by atoms with van der Waals surface area (Å²) in [6, 6.07) is 19.6. The number of aryl methyl sites for hydroxylation is 1. The highest BCUT2D eigenvalue weighted by molar-refractivity contribution is 7.23. The zero-order chi connectivity index (χ0) is 23.4. The summed E-state index contributed by atoms with van der Waals surface area (Å²) in [4.78, 5) is 16.6. The first-order chi connectivity index (χ1) is 16.0. The van der Waals surface area contributed by atoms with Crippen LogP contribution >= 0.6 is 34.5 Å². The van der Waals surface area contributed by atoms with Gasteiger partial charge in [0.1, 0.15) is 22.2 Å². The zero-order valence-electron chi connectivity index (χ0n) is 18.3. The first kappa shape index (κ1) is 23.6. The van der Waals surface area contributed by atoms with E-state index in [9.17, 15) is 4.79 Å². The molecular weight excluding hydrogens is 477 g/mol. The van der Waals surface area contributed by atoms with Crippen LogP contribution in [0.25, 0.3) is 10.2 Å². The molecule has 0 aliphatic heterocycles. The quantitative estimate of drug-likeness (QED) is 0.233. The average Bonchev–Trinajstić information content (AvgIpc) is 3.13. The number of carbonyl (C=O) groups excluding carboxylic acids is 1. The van der Waals surface area contributed by atoms with Crippen molar-refractivity contribution in [3.8, 4) is 5.75 Å². The molecule has 0 saturated heterocycles. The van der Waals surface area contributed by atoms with Gasteiger partial charge in [0.25, 0.3) is 0 Å². The molecule has 4 aromatic rings. The first-order valence-electron chi connectivity index (χ1n) is 10.6. The normalized spacial score (nSPS) is 12.0. The number of carbonyl (C=O) groups is 1. The van der Waals surface area contributed by atoms with Crippen molar-refractivity contribution in [1.29, 1.82) is 0 Å². The number of methoxy groups -OCH3 is 1. The van der Waals surface area contributed by atoms with Crippen LogP contribution in [0.2, 0.25) is 9.36 Å². The summed E-state index contributed by atoms with van der Waals surface area (Å²) in [5.74, 6) is 0.776. The maximum Gasteiger partial charge on any atom is 0.338 e. The van der Waals surface area contributed by atoms with E-state index in [1.807, 2.05) is 48.5 Å². The molecule has 0 aliphatic rings. The molecule has 0 N–H and O–H groups in total. The lowest BCUT2D eigenvalue weighted by Crippen LogP contribution is -2.06. The number of pyridine rings is 1. The SMILES string of the molecule is COC(=O)c1ccccc1CC[C@H](C)c1cccc(OCc2ccc3sc(Cl)c(Cl)c3n2)c1. The number of nitrogens with zero attached hydrogens (tertiary/aromatic N) is 1. The van der Waals surface area contributed by atoms with Gasteiger partial charge in [0.15, 0.2) is 0 Å². The summed E-state index contributed by atoms with van der Waals surface area (Å²) in [5.41, 5.74) is 4.30. The van der Waals surface area contributed by atoms with Crippen LogP contribution in [0.3, 0.4) is 0 Å². The number of ether oxygens (including phenoxy) is 2. The highest BCUT2D eigenvalue weighted by Gasteiger charge is 2.14. The molecule has 33 heavy (non-hydrogen) atoms. The average molecular weight is 500 g/mol. The molecule has 2 aromatic heterocycles. The fourth-order valence-corrected chi connectivity index (χ4v) is 5.11. The number of thiophene rings is 1. The van der Waals surface area contributed by atoms with Crippen molar-refractivity contribution in [2.75, 3.05) is 7.11 Å². The second-order valence-corrected chi connectivity index (χ2v) is 9.82. The first-order valence-corrected chi connectivity index (χ1v) is 12.2. The second-order valence-electron chi connectivity index (χ2n) is 7.79. The van der Waals surface area contributed by atoms with Crippen LogP contribution in [0.5, 0.6) is 5.75 Å². The summed E-state index contributed by atoms with van der Waals surface area (Å²) in [5, 5.41) is 0.489. The molecule has 4 nitrogen and oxygen atoms in total. The van der Waals surface area contributed by atoms with Gasteiger partial charge in [-0.3, -0.25) is 0 Å². The predicted molar refractivity (Wildman–Crippen MR) is 135 cm³/mol. The topological polar surface area (TPSA) is 48.4 Å². The van der Waals surface area contributed by atoms with E-state index in [4.69, 9.17) is 32.7 Å². The number of esters is 1. The number of halogens is 2. The number of aromatic nitrogens is 1. The van der Waals surface area contributed by atoms with Crippen molar-refractivity contribution in [2.45, 2.75) is 32.3 Å². The third kappa shape index (κ3) is 5.49. The standard InChI is InChI=1S/C26H23Cl2NO3S/c1-16(10-11-17-6-3-4-9-21(17)26(30)31-2)18-7-5-8-20(14-18)32-15-19-12-13-22-24(29-19)23(27)25(28)33-22/h3-9,12-14,16H,10-11,15H2,1-2H3/t16-/m0/s1. The summed E-state index contributed by atoms with van der Waals surface area (Å²) >= 11 is 13.8. The van der Waals surface area contributed by atoms with Gasteiger partial charge in [-0.1, -0.05) is 60.5 Å². The molecule has 2 aromatic carbocycles. The minimum atomic E-state index is -0.300. The van der Waals surface area contributed by atoms with Crippen LogP contribution in [0.15, 0.2) is 60.7 Å². The molecule has 0 radical (unpaired) electrons. The van der Waals surface area contributed by atoms with Crippen molar-refractivity contribution in [3.63, 3.8) is 0 Å². The van der Waals surface area contributed by atoms with Gasteiger partial charge in [-0.15, -0.1) is 11.3 Å². The van der Waals surface area contributed by atoms with Crippen LogP contribution in [0.4, 0.5) is 0 Å². The van der Waals surface area contributed by atoms with E-state index in [-0.39, 0.29) is 5.97 Å². The maximum absolute atomic E-state index is 12.0. The molecule has 7 heteroatoms. The van der Waals surface area contributed by atoms with Crippen molar-refractivity contribution in [3.05, 3.63) is 92.4 Å². The van der Waals surface area contributed by atoms with Crippen molar-refractivity contribution < 1.29 is 14.3 Å². The fraction of sp³-hybridized carbons (Fsp3) is 0.231.